The van der Waals surface area contributed by atoms with Gasteiger partial charge in [-0.25, -0.2) is 0 Å². The third-order valence-electron chi connectivity index (χ3n) is 6.83. The van der Waals surface area contributed by atoms with E-state index in [1.54, 1.807) is 0 Å². The summed E-state index contributed by atoms with van der Waals surface area (Å²) in [6.45, 7) is 12.6. The Balaban J connectivity index is 1.30. The molecule has 26 heavy (non-hydrogen) atoms. The molecule has 1 atom stereocenters. The molecule has 138 valence electrons. The molecule has 1 aromatic carbocycles. The second-order valence-electron chi connectivity index (χ2n) is 8.73. The molecule has 3 aliphatic rings. The van der Waals surface area contributed by atoms with Gasteiger partial charge in [0.05, 0.1) is 0 Å². The molecule has 4 rings (SSSR count). The predicted molar refractivity (Wildman–Crippen MR) is 112 cm³/mol. The SMILES string of the molecule is C=C1c2cc(C)c(C)cc2CC1CC1CCN(CC2=CCCC=C2)CC1. The Bertz CT molecular complexity index is 744. The van der Waals surface area contributed by atoms with Gasteiger partial charge in [-0.3, -0.25) is 4.90 Å². The smallest absolute Gasteiger partial charge is 0.0230 e. The summed E-state index contributed by atoms with van der Waals surface area (Å²) in [7, 11) is 0. The average molecular weight is 348 g/mol. The van der Waals surface area contributed by atoms with Crippen LogP contribution < -0.4 is 0 Å². The summed E-state index contributed by atoms with van der Waals surface area (Å²) in [4.78, 5) is 2.66. The number of allylic oxidation sites excluding steroid dienone is 3. The van der Waals surface area contributed by atoms with E-state index in [0.717, 1.165) is 12.5 Å². The maximum atomic E-state index is 4.48. The summed E-state index contributed by atoms with van der Waals surface area (Å²) < 4.78 is 0. The molecule has 0 N–H and O–H groups in total. The van der Waals surface area contributed by atoms with Crippen LogP contribution in [-0.4, -0.2) is 24.5 Å². The summed E-state index contributed by atoms with van der Waals surface area (Å²) in [6, 6.07) is 4.78. The van der Waals surface area contributed by atoms with Crippen LogP contribution in [0.5, 0.6) is 0 Å². The van der Waals surface area contributed by atoms with Crippen molar-refractivity contribution in [1.82, 2.24) is 4.90 Å². The van der Waals surface area contributed by atoms with Crippen molar-refractivity contribution >= 4 is 5.57 Å². The van der Waals surface area contributed by atoms with Crippen molar-refractivity contribution in [1.29, 1.82) is 0 Å². The number of aryl methyl sites for hydroxylation is 2. The minimum atomic E-state index is 0.673. The molecule has 1 nitrogen and oxygen atoms in total. The van der Waals surface area contributed by atoms with Gasteiger partial charge in [0.15, 0.2) is 0 Å². The summed E-state index contributed by atoms with van der Waals surface area (Å²) in [5.74, 6) is 1.55. The second kappa shape index (κ2) is 7.56. The first-order valence-corrected chi connectivity index (χ1v) is 10.5. The maximum Gasteiger partial charge on any atom is 0.0230 e. The molecule has 1 fully saturated rings. The van der Waals surface area contributed by atoms with Crippen molar-refractivity contribution in [3.05, 3.63) is 64.8 Å². The highest BCUT2D eigenvalue weighted by Gasteiger charge is 2.29. The largest absolute Gasteiger partial charge is 0.299 e. The molecular weight excluding hydrogens is 314 g/mol. The standard InChI is InChI=1S/C25H33N/c1-18-13-24-16-23(20(3)25(24)14-19(18)2)15-21-9-11-26(12-10-21)17-22-7-5-4-6-8-22/h5,7-8,13-14,21,23H,3-4,6,9-12,15-17H2,1-2H3. The molecule has 0 saturated carbocycles. The zero-order valence-electron chi connectivity index (χ0n) is 16.6. The van der Waals surface area contributed by atoms with Gasteiger partial charge in [-0.2, -0.15) is 0 Å². The van der Waals surface area contributed by atoms with Gasteiger partial charge in [-0.05, 0) is 111 Å². The highest BCUT2D eigenvalue weighted by Crippen LogP contribution is 2.41. The van der Waals surface area contributed by atoms with Crippen LogP contribution in [-0.2, 0) is 6.42 Å². The second-order valence-corrected chi connectivity index (χ2v) is 8.73. The Morgan fingerprint density at radius 1 is 1.08 bits per heavy atom. The van der Waals surface area contributed by atoms with Crippen LogP contribution in [0.15, 0.2) is 42.5 Å². The highest BCUT2D eigenvalue weighted by atomic mass is 15.1. The first-order chi connectivity index (χ1) is 12.6. The summed E-state index contributed by atoms with van der Waals surface area (Å²) in [5.41, 5.74) is 8.76. The lowest BCUT2D eigenvalue weighted by molar-refractivity contribution is 0.185. The van der Waals surface area contributed by atoms with Gasteiger partial charge in [0.1, 0.15) is 0 Å². The number of hydrogen-bond donors (Lipinski definition) is 0. The lowest BCUT2D eigenvalue weighted by Gasteiger charge is -2.33. The normalized spacial score (nSPS) is 24.0. The van der Waals surface area contributed by atoms with E-state index in [9.17, 15) is 0 Å². The predicted octanol–water partition coefficient (Wildman–Crippen LogP) is 5.87. The van der Waals surface area contributed by atoms with Crippen LogP contribution >= 0.6 is 0 Å². The van der Waals surface area contributed by atoms with Crippen molar-refractivity contribution in [2.75, 3.05) is 19.6 Å². The van der Waals surface area contributed by atoms with E-state index in [1.165, 1.54) is 85.0 Å². The van der Waals surface area contributed by atoms with E-state index in [2.05, 4.69) is 55.7 Å². The van der Waals surface area contributed by atoms with Gasteiger partial charge in [0.25, 0.3) is 0 Å². The molecule has 0 bridgehead atoms. The molecule has 0 aromatic heterocycles. The molecule has 1 unspecified atom stereocenters. The monoisotopic (exact) mass is 347 g/mol. The quantitative estimate of drug-likeness (QED) is 0.658. The molecule has 1 heteroatoms. The van der Waals surface area contributed by atoms with Crippen molar-refractivity contribution < 1.29 is 0 Å². The highest BCUT2D eigenvalue weighted by molar-refractivity contribution is 5.73. The fraction of sp³-hybridized carbons (Fsp3) is 0.520. The van der Waals surface area contributed by atoms with Gasteiger partial charge in [0, 0.05) is 6.54 Å². The van der Waals surface area contributed by atoms with Crippen LogP contribution in [0.2, 0.25) is 0 Å². The molecule has 2 aliphatic carbocycles. The van der Waals surface area contributed by atoms with Crippen LogP contribution in [0.25, 0.3) is 5.57 Å². The third-order valence-corrected chi connectivity index (χ3v) is 6.83. The molecule has 1 saturated heterocycles. The van der Waals surface area contributed by atoms with E-state index < -0.39 is 0 Å². The van der Waals surface area contributed by atoms with E-state index in [4.69, 9.17) is 0 Å². The number of benzene rings is 1. The number of piperidine rings is 1. The Labute approximate surface area is 159 Å². The first kappa shape index (κ1) is 17.8. The lowest BCUT2D eigenvalue weighted by atomic mass is 9.84. The van der Waals surface area contributed by atoms with Crippen LogP contribution in [0.1, 0.15) is 54.4 Å². The lowest BCUT2D eigenvalue weighted by Crippen LogP contribution is -2.35. The minimum Gasteiger partial charge on any atom is -0.299 e. The van der Waals surface area contributed by atoms with Crippen molar-refractivity contribution in [2.45, 2.75) is 52.4 Å². The summed E-state index contributed by atoms with van der Waals surface area (Å²) >= 11 is 0. The third kappa shape index (κ3) is 3.74. The maximum absolute atomic E-state index is 4.48. The average Bonchev–Trinajstić information content (AvgIpc) is 2.93. The number of fused-ring (bicyclic) bond motifs is 1. The topological polar surface area (TPSA) is 3.24 Å². The number of rotatable bonds is 4. The Hall–Kier alpha value is -1.60. The molecule has 0 radical (unpaired) electrons. The summed E-state index contributed by atoms with van der Waals surface area (Å²) in [5, 5.41) is 0. The Kier molecular flexibility index (Phi) is 5.18. The number of hydrogen-bond acceptors (Lipinski definition) is 1. The van der Waals surface area contributed by atoms with Crippen LogP contribution in [0, 0.1) is 25.7 Å². The zero-order valence-corrected chi connectivity index (χ0v) is 16.6. The Morgan fingerprint density at radius 3 is 2.58 bits per heavy atom. The van der Waals surface area contributed by atoms with Gasteiger partial charge >= 0.3 is 0 Å². The molecular formula is C25H33N. The zero-order chi connectivity index (χ0) is 18.1. The van der Waals surface area contributed by atoms with Crippen LogP contribution in [0.3, 0.4) is 0 Å². The fourth-order valence-corrected chi connectivity index (χ4v) is 5.00. The summed E-state index contributed by atoms with van der Waals surface area (Å²) in [6.07, 6.45) is 14.8. The number of likely N-dealkylation sites (tertiary alicyclic amines) is 1. The van der Waals surface area contributed by atoms with Crippen molar-refractivity contribution in [2.24, 2.45) is 11.8 Å². The Morgan fingerprint density at radius 2 is 1.85 bits per heavy atom. The van der Waals surface area contributed by atoms with Crippen molar-refractivity contribution in [3.63, 3.8) is 0 Å². The molecule has 0 amide bonds. The van der Waals surface area contributed by atoms with E-state index in [1.807, 2.05) is 0 Å². The molecule has 1 aliphatic heterocycles. The van der Waals surface area contributed by atoms with E-state index >= 15 is 0 Å². The van der Waals surface area contributed by atoms with Crippen LogP contribution in [0.4, 0.5) is 0 Å². The fourth-order valence-electron chi connectivity index (χ4n) is 5.00. The van der Waals surface area contributed by atoms with Gasteiger partial charge < -0.3 is 0 Å². The van der Waals surface area contributed by atoms with Gasteiger partial charge in [-0.1, -0.05) is 36.9 Å². The molecule has 0 spiro atoms. The number of nitrogens with zero attached hydrogens (tertiary/aromatic N) is 1. The molecule has 1 heterocycles. The van der Waals surface area contributed by atoms with Gasteiger partial charge in [0.2, 0.25) is 0 Å². The minimum absolute atomic E-state index is 0.673. The van der Waals surface area contributed by atoms with Gasteiger partial charge in [-0.15, -0.1) is 0 Å². The first-order valence-electron chi connectivity index (χ1n) is 10.5. The van der Waals surface area contributed by atoms with E-state index in [0.29, 0.717) is 5.92 Å². The van der Waals surface area contributed by atoms with E-state index in [-0.39, 0.29) is 0 Å². The van der Waals surface area contributed by atoms with Crippen molar-refractivity contribution in [3.8, 4) is 0 Å². The molecule has 1 aromatic rings.